The van der Waals surface area contributed by atoms with E-state index in [4.69, 9.17) is 0 Å². The minimum Gasteiger partial charge on any atom is -0.307 e. The molecule has 1 aliphatic heterocycles. The molecule has 0 bridgehead atoms. The van der Waals surface area contributed by atoms with Crippen molar-refractivity contribution in [1.29, 1.82) is 0 Å². The van der Waals surface area contributed by atoms with Gasteiger partial charge in [0.2, 0.25) is 0 Å². The quantitative estimate of drug-likeness (QED) is 0.842. The second-order valence-electron chi connectivity index (χ2n) is 6.65. The molecule has 0 aromatic heterocycles. The van der Waals surface area contributed by atoms with Gasteiger partial charge in [0.25, 0.3) is 0 Å². The predicted octanol–water partition coefficient (Wildman–Crippen LogP) is 4.78. The van der Waals surface area contributed by atoms with Crippen LogP contribution in [0, 0.1) is 17.7 Å². The summed E-state index contributed by atoms with van der Waals surface area (Å²) in [6, 6.07) is 6.19. The van der Waals surface area contributed by atoms with Crippen molar-refractivity contribution in [1.82, 2.24) is 5.32 Å². The van der Waals surface area contributed by atoms with Gasteiger partial charge in [-0.3, -0.25) is 0 Å². The lowest BCUT2D eigenvalue weighted by molar-refractivity contribution is 0.223. The Hall–Kier alpha value is -0.540. The molecule has 1 aromatic carbocycles. The molecule has 1 nitrogen and oxygen atoms in total. The van der Waals surface area contributed by atoms with E-state index in [0.29, 0.717) is 12.1 Å². The van der Waals surface area contributed by atoms with Crippen molar-refractivity contribution >= 4 is 11.8 Å². The Bertz CT molecular complexity index is 466. The molecule has 0 saturated heterocycles. The van der Waals surface area contributed by atoms with E-state index in [1.165, 1.54) is 29.7 Å². The summed E-state index contributed by atoms with van der Waals surface area (Å²) in [7, 11) is 0. The van der Waals surface area contributed by atoms with Crippen LogP contribution in [0.4, 0.5) is 4.39 Å². The first-order chi connectivity index (χ1) is 9.61. The van der Waals surface area contributed by atoms with Gasteiger partial charge in [-0.1, -0.05) is 13.8 Å². The molecule has 1 saturated carbocycles. The van der Waals surface area contributed by atoms with Crippen molar-refractivity contribution in [3.8, 4) is 0 Å². The summed E-state index contributed by atoms with van der Waals surface area (Å²) in [5.74, 6) is 2.64. The van der Waals surface area contributed by atoms with Gasteiger partial charge >= 0.3 is 0 Å². The number of thioether (sulfide) groups is 1. The first-order valence-corrected chi connectivity index (χ1v) is 8.78. The topological polar surface area (TPSA) is 12.0 Å². The Labute approximate surface area is 125 Å². The zero-order valence-electron chi connectivity index (χ0n) is 12.4. The highest BCUT2D eigenvalue weighted by atomic mass is 32.2. The smallest absolute Gasteiger partial charge is 0.123 e. The molecule has 1 N–H and O–H groups in total. The second kappa shape index (κ2) is 6.07. The minimum atomic E-state index is -0.108. The average molecular weight is 293 g/mol. The first kappa shape index (κ1) is 14.4. The van der Waals surface area contributed by atoms with Crippen molar-refractivity contribution in [3.63, 3.8) is 0 Å². The lowest BCUT2D eigenvalue weighted by Gasteiger charge is -2.36. The number of halogens is 1. The van der Waals surface area contributed by atoms with Gasteiger partial charge in [-0.25, -0.2) is 4.39 Å². The summed E-state index contributed by atoms with van der Waals surface area (Å²) in [6.45, 7) is 4.71. The van der Waals surface area contributed by atoms with E-state index in [9.17, 15) is 4.39 Å². The van der Waals surface area contributed by atoms with Crippen LogP contribution in [0.15, 0.2) is 23.1 Å². The fourth-order valence-corrected chi connectivity index (χ4v) is 5.01. The minimum absolute atomic E-state index is 0.108. The van der Waals surface area contributed by atoms with Gasteiger partial charge in [0.05, 0.1) is 0 Å². The van der Waals surface area contributed by atoms with Crippen molar-refractivity contribution in [2.45, 2.75) is 56.5 Å². The third-order valence-corrected chi connectivity index (χ3v) is 5.75. The Morgan fingerprint density at radius 2 is 1.90 bits per heavy atom. The van der Waals surface area contributed by atoms with Crippen LogP contribution in [-0.4, -0.2) is 11.8 Å². The van der Waals surface area contributed by atoms with Crippen LogP contribution < -0.4 is 5.32 Å². The monoisotopic (exact) mass is 293 g/mol. The Morgan fingerprint density at radius 3 is 2.65 bits per heavy atom. The van der Waals surface area contributed by atoms with Crippen LogP contribution >= 0.6 is 11.8 Å². The van der Waals surface area contributed by atoms with E-state index in [1.54, 1.807) is 12.1 Å². The normalized spacial score (nSPS) is 33.8. The maximum Gasteiger partial charge on any atom is 0.123 e. The number of benzene rings is 1. The van der Waals surface area contributed by atoms with Gasteiger partial charge < -0.3 is 5.32 Å². The van der Waals surface area contributed by atoms with Crippen molar-refractivity contribution in [2.75, 3.05) is 5.75 Å². The number of fused-ring (bicyclic) bond motifs is 1. The molecular formula is C17H24FNS. The lowest BCUT2D eigenvalue weighted by atomic mass is 9.80. The van der Waals surface area contributed by atoms with Gasteiger partial charge in [0.15, 0.2) is 0 Å². The van der Waals surface area contributed by atoms with Gasteiger partial charge in [0, 0.05) is 17.0 Å². The van der Waals surface area contributed by atoms with E-state index in [0.717, 1.165) is 24.0 Å². The molecule has 0 spiro atoms. The molecule has 3 heteroatoms. The summed E-state index contributed by atoms with van der Waals surface area (Å²) in [4.78, 5) is 1.26. The SMILES string of the molecule is CC1CC(C)CC(NC2CCSc3ccc(F)cc32)C1. The highest BCUT2D eigenvalue weighted by molar-refractivity contribution is 7.99. The summed E-state index contributed by atoms with van der Waals surface area (Å²) >= 11 is 1.86. The van der Waals surface area contributed by atoms with E-state index in [-0.39, 0.29) is 5.82 Å². The largest absolute Gasteiger partial charge is 0.307 e. The molecular weight excluding hydrogens is 269 g/mol. The number of hydrogen-bond donors (Lipinski definition) is 1. The van der Waals surface area contributed by atoms with Crippen LogP contribution in [0.2, 0.25) is 0 Å². The number of rotatable bonds is 2. The maximum atomic E-state index is 13.5. The Balaban J connectivity index is 1.74. The zero-order valence-corrected chi connectivity index (χ0v) is 13.2. The van der Waals surface area contributed by atoms with Gasteiger partial charge in [-0.15, -0.1) is 11.8 Å². The number of nitrogens with one attached hydrogen (secondary N) is 1. The lowest BCUT2D eigenvalue weighted by Crippen LogP contribution is -2.39. The summed E-state index contributed by atoms with van der Waals surface area (Å²) in [5, 5.41) is 3.82. The predicted molar refractivity (Wildman–Crippen MR) is 83.6 cm³/mol. The fourth-order valence-electron chi connectivity index (χ4n) is 3.91. The molecule has 20 heavy (non-hydrogen) atoms. The molecule has 1 fully saturated rings. The third kappa shape index (κ3) is 3.20. The Kier molecular flexibility index (Phi) is 4.37. The van der Waals surface area contributed by atoms with Gasteiger partial charge in [-0.05, 0) is 67.0 Å². The molecule has 3 rings (SSSR count). The summed E-state index contributed by atoms with van der Waals surface area (Å²) < 4.78 is 13.5. The van der Waals surface area contributed by atoms with Gasteiger partial charge in [-0.2, -0.15) is 0 Å². The van der Waals surface area contributed by atoms with E-state index in [2.05, 4.69) is 19.2 Å². The molecule has 1 aromatic rings. The maximum absolute atomic E-state index is 13.5. The first-order valence-electron chi connectivity index (χ1n) is 7.80. The van der Waals surface area contributed by atoms with Crippen LogP contribution in [-0.2, 0) is 0 Å². The van der Waals surface area contributed by atoms with Crippen LogP contribution in [0.1, 0.15) is 51.1 Å². The molecule has 3 unspecified atom stereocenters. The summed E-state index contributed by atoms with van der Waals surface area (Å²) in [6.07, 6.45) is 4.99. The second-order valence-corrected chi connectivity index (χ2v) is 7.79. The van der Waals surface area contributed by atoms with Crippen molar-refractivity contribution in [2.24, 2.45) is 11.8 Å². The highest BCUT2D eigenvalue weighted by Crippen LogP contribution is 2.38. The van der Waals surface area contributed by atoms with Crippen LogP contribution in [0.3, 0.4) is 0 Å². The average Bonchev–Trinajstić information content (AvgIpc) is 2.38. The highest BCUT2D eigenvalue weighted by Gasteiger charge is 2.28. The molecule has 1 aliphatic carbocycles. The van der Waals surface area contributed by atoms with Crippen molar-refractivity contribution in [3.05, 3.63) is 29.6 Å². The van der Waals surface area contributed by atoms with Gasteiger partial charge in [0.1, 0.15) is 5.82 Å². The van der Waals surface area contributed by atoms with E-state index in [1.807, 2.05) is 17.8 Å². The van der Waals surface area contributed by atoms with Crippen LogP contribution in [0.5, 0.6) is 0 Å². The zero-order chi connectivity index (χ0) is 14.1. The molecule has 2 aliphatic rings. The van der Waals surface area contributed by atoms with Crippen molar-refractivity contribution < 1.29 is 4.39 Å². The summed E-state index contributed by atoms with van der Waals surface area (Å²) in [5.41, 5.74) is 1.17. The Morgan fingerprint density at radius 1 is 1.15 bits per heavy atom. The standard InChI is InChI=1S/C17H24FNS/c1-11-7-12(2)9-14(8-11)19-16-5-6-20-17-4-3-13(18)10-15(16)17/h3-4,10-12,14,16,19H,5-9H2,1-2H3. The van der Waals surface area contributed by atoms with E-state index >= 15 is 0 Å². The van der Waals surface area contributed by atoms with Crippen LogP contribution in [0.25, 0.3) is 0 Å². The number of hydrogen-bond acceptors (Lipinski definition) is 2. The molecule has 110 valence electrons. The third-order valence-electron chi connectivity index (χ3n) is 4.63. The molecule has 1 heterocycles. The molecule has 3 atom stereocenters. The molecule has 0 amide bonds. The van der Waals surface area contributed by atoms with E-state index < -0.39 is 0 Å². The molecule has 0 radical (unpaired) electrons. The fraction of sp³-hybridized carbons (Fsp3) is 0.647.